The number of carbonyl (C=O) groups excluding carboxylic acids is 2. The molecule has 0 aliphatic carbocycles. The van der Waals surface area contributed by atoms with Crippen LogP contribution in [0.5, 0.6) is 0 Å². The number of benzene rings is 1. The van der Waals surface area contributed by atoms with Gasteiger partial charge in [-0.15, -0.1) is 0 Å². The molecule has 0 amide bonds. The second-order valence-corrected chi connectivity index (χ2v) is 7.01. The zero-order valence-electron chi connectivity index (χ0n) is 16.1. The van der Waals surface area contributed by atoms with Gasteiger partial charge in [-0.05, 0) is 50.6 Å². The number of Topliss-reactive ketones (excluding diaryl/α,β-unsaturated/α-hetero) is 1. The Morgan fingerprint density at radius 1 is 1.18 bits per heavy atom. The second kappa shape index (κ2) is 8.63. The number of furan rings is 1. The quantitative estimate of drug-likeness (QED) is 0.313. The molecule has 0 saturated heterocycles. The SMILES string of the molecule is COCCCn1c(C)cc(C(=O)COC(=O)c2cc3cc(Cl)ccc3o2)c1C. The van der Waals surface area contributed by atoms with E-state index in [-0.39, 0.29) is 18.2 Å². The molecule has 0 atom stereocenters. The number of nitrogens with zero attached hydrogens (tertiary/aromatic N) is 1. The largest absolute Gasteiger partial charge is 0.451 e. The van der Waals surface area contributed by atoms with E-state index in [2.05, 4.69) is 4.57 Å². The summed E-state index contributed by atoms with van der Waals surface area (Å²) in [4.78, 5) is 24.8. The van der Waals surface area contributed by atoms with Crippen LogP contribution in [-0.2, 0) is 16.0 Å². The van der Waals surface area contributed by atoms with Crippen LogP contribution in [0.3, 0.4) is 0 Å². The van der Waals surface area contributed by atoms with Crippen molar-refractivity contribution in [3.63, 3.8) is 0 Å². The Balaban J connectivity index is 1.66. The first-order valence-corrected chi connectivity index (χ1v) is 9.33. The number of methoxy groups -OCH3 is 1. The van der Waals surface area contributed by atoms with Crippen LogP contribution in [0.4, 0.5) is 0 Å². The molecule has 148 valence electrons. The first kappa shape index (κ1) is 20.2. The smallest absolute Gasteiger partial charge is 0.374 e. The van der Waals surface area contributed by atoms with Gasteiger partial charge in [0, 0.05) is 47.6 Å². The van der Waals surface area contributed by atoms with Crippen molar-refractivity contribution in [2.45, 2.75) is 26.8 Å². The molecule has 0 saturated carbocycles. The maximum atomic E-state index is 12.6. The van der Waals surface area contributed by atoms with Gasteiger partial charge in [0.15, 0.2) is 6.61 Å². The summed E-state index contributed by atoms with van der Waals surface area (Å²) in [6, 6.07) is 8.42. The molecule has 0 bridgehead atoms. The van der Waals surface area contributed by atoms with Crippen molar-refractivity contribution in [3.05, 3.63) is 58.1 Å². The van der Waals surface area contributed by atoms with Crippen LogP contribution in [0.25, 0.3) is 11.0 Å². The Kier molecular flexibility index (Phi) is 6.21. The number of halogens is 1. The maximum absolute atomic E-state index is 12.6. The average Bonchev–Trinajstić information content (AvgIpc) is 3.21. The van der Waals surface area contributed by atoms with E-state index in [0.717, 1.165) is 24.4 Å². The molecular formula is C21H22ClNO5. The lowest BCUT2D eigenvalue weighted by atomic mass is 10.1. The monoisotopic (exact) mass is 403 g/mol. The Morgan fingerprint density at radius 3 is 2.71 bits per heavy atom. The van der Waals surface area contributed by atoms with Crippen LogP contribution in [0, 0.1) is 13.8 Å². The van der Waals surface area contributed by atoms with Gasteiger partial charge in [0.1, 0.15) is 5.58 Å². The molecule has 1 aromatic carbocycles. The van der Waals surface area contributed by atoms with Gasteiger partial charge in [-0.3, -0.25) is 4.79 Å². The van der Waals surface area contributed by atoms with Crippen molar-refractivity contribution < 1.29 is 23.5 Å². The minimum atomic E-state index is -0.686. The van der Waals surface area contributed by atoms with Gasteiger partial charge >= 0.3 is 5.97 Å². The normalized spacial score (nSPS) is 11.1. The molecule has 0 spiro atoms. The van der Waals surface area contributed by atoms with E-state index in [0.29, 0.717) is 28.2 Å². The highest BCUT2D eigenvalue weighted by Gasteiger charge is 2.19. The molecule has 2 aromatic heterocycles. The highest BCUT2D eigenvalue weighted by molar-refractivity contribution is 6.31. The fourth-order valence-electron chi connectivity index (χ4n) is 3.19. The van der Waals surface area contributed by atoms with Gasteiger partial charge in [0.2, 0.25) is 11.5 Å². The van der Waals surface area contributed by atoms with Crippen molar-refractivity contribution in [1.29, 1.82) is 0 Å². The molecule has 0 fully saturated rings. The van der Waals surface area contributed by atoms with Crippen molar-refractivity contribution >= 4 is 34.3 Å². The van der Waals surface area contributed by atoms with Crippen LogP contribution in [0.1, 0.15) is 38.7 Å². The van der Waals surface area contributed by atoms with Crippen LogP contribution in [-0.4, -0.2) is 36.6 Å². The molecule has 3 aromatic rings. The molecule has 6 nitrogen and oxygen atoms in total. The summed E-state index contributed by atoms with van der Waals surface area (Å²) in [5.74, 6) is -0.900. The van der Waals surface area contributed by atoms with E-state index >= 15 is 0 Å². The van der Waals surface area contributed by atoms with Crippen molar-refractivity contribution in [2.75, 3.05) is 20.3 Å². The maximum Gasteiger partial charge on any atom is 0.374 e. The van der Waals surface area contributed by atoms with E-state index < -0.39 is 5.97 Å². The molecule has 2 heterocycles. The van der Waals surface area contributed by atoms with E-state index in [1.165, 1.54) is 0 Å². The zero-order valence-corrected chi connectivity index (χ0v) is 16.8. The number of hydrogen-bond donors (Lipinski definition) is 0. The summed E-state index contributed by atoms with van der Waals surface area (Å²) in [5, 5.41) is 1.25. The van der Waals surface area contributed by atoms with Gasteiger partial charge < -0.3 is 18.5 Å². The fourth-order valence-corrected chi connectivity index (χ4v) is 3.37. The van der Waals surface area contributed by atoms with Crippen LogP contribution in [0.15, 0.2) is 34.7 Å². The lowest BCUT2D eigenvalue weighted by Gasteiger charge is -2.09. The molecule has 3 rings (SSSR count). The van der Waals surface area contributed by atoms with E-state index in [1.807, 2.05) is 19.9 Å². The highest BCUT2D eigenvalue weighted by Crippen LogP contribution is 2.23. The molecule has 7 heteroatoms. The molecule has 0 aliphatic rings. The highest BCUT2D eigenvalue weighted by atomic mass is 35.5. The van der Waals surface area contributed by atoms with Crippen LogP contribution < -0.4 is 0 Å². The summed E-state index contributed by atoms with van der Waals surface area (Å²) >= 11 is 5.94. The van der Waals surface area contributed by atoms with Crippen molar-refractivity contribution in [1.82, 2.24) is 4.57 Å². The first-order valence-electron chi connectivity index (χ1n) is 8.95. The van der Waals surface area contributed by atoms with Gasteiger partial charge in [-0.1, -0.05) is 11.6 Å². The topological polar surface area (TPSA) is 70.7 Å². The summed E-state index contributed by atoms with van der Waals surface area (Å²) in [6.45, 7) is 4.90. The van der Waals surface area contributed by atoms with Gasteiger partial charge in [-0.2, -0.15) is 0 Å². The summed E-state index contributed by atoms with van der Waals surface area (Å²) in [7, 11) is 1.66. The number of carbonyl (C=O) groups is 2. The number of aryl methyl sites for hydroxylation is 1. The Bertz CT molecular complexity index is 1020. The molecule has 28 heavy (non-hydrogen) atoms. The predicted molar refractivity (Wildman–Crippen MR) is 106 cm³/mol. The van der Waals surface area contributed by atoms with Gasteiger partial charge in [0.25, 0.3) is 0 Å². The second-order valence-electron chi connectivity index (χ2n) is 6.57. The number of esters is 1. The predicted octanol–water partition coefficient (Wildman–Crippen LogP) is 4.58. The minimum Gasteiger partial charge on any atom is -0.451 e. The number of ether oxygens (including phenoxy) is 2. The number of rotatable bonds is 8. The molecule has 0 radical (unpaired) electrons. The lowest BCUT2D eigenvalue weighted by molar-refractivity contribution is 0.0446. The van der Waals surface area contributed by atoms with Gasteiger partial charge in [0.05, 0.1) is 0 Å². The van der Waals surface area contributed by atoms with E-state index in [9.17, 15) is 9.59 Å². The first-order chi connectivity index (χ1) is 13.4. The van der Waals surface area contributed by atoms with Crippen LogP contribution in [0.2, 0.25) is 5.02 Å². The Labute approximate surface area is 168 Å². The number of ketones is 1. The Hall–Kier alpha value is -2.57. The average molecular weight is 404 g/mol. The number of aromatic nitrogens is 1. The third-order valence-electron chi connectivity index (χ3n) is 4.62. The van der Waals surface area contributed by atoms with E-state index in [4.69, 9.17) is 25.5 Å². The van der Waals surface area contributed by atoms with E-state index in [1.54, 1.807) is 31.4 Å². The van der Waals surface area contributed by atoms with Crippen LogP contribution >= 0.6 is 11.6 Å². The molecule has 0 N–H and O–H groups in total. The van der Waals surface area contributed by atoms with Crippen molar-refractivity contribution in [2.24, 2.45) is 0 Å². The zero-order chi connectivity index (χ0) is 20.3. The summed E-state index contributed by atoms with van der Waals surface area (Å²) in [5.41, 5.74) is 2.92. The fraction of sp³-hybridized carbons (Fsp3) is 0.333. The molecule has 0 unspecified atom stereocenters. The number of hydrogen-bond acceptors (Lipinski definition) is 5. The Morgan fingerprint density at radius 2 is 1.96 bits per heavy atom. The number of fused-ring (bicyclic) bond motifs is 1. The molecule has 0 aliphatic heterocycles. The summed E-state index contributed by atoms with van der Waals surface area (Å²) in [6.07, 6.45) is 0.853. The minimum absolute atomic E-state index is 0.0371. The third kappa shape index (κ3) is 4.29. The van der Waals surface area contributed by atoms with Gasteiger partial charge in [-0.25, -0.2) is 4.79 Å². The standard InChI is InChI=1S/C21H22ClNO5/c1-13-9-17(14(2)23(13)7-4-8-26-3)18(24)12-27-21(25)20-11-15-10-16(22)5-6-19(15)28-20/h5-6,9-11H,4,7-8,12H2,1-3H3. The third-order valence-corrected chi connectivity index (χ3v) is 4.85. The molecular weight excluding hydrogens is 382 g/mol. The van der Waals surface area contributed by atoms with Crippen molar-refractivity contribution in [3.8, 4) is 0 Å². The lowest BCUT2D eigenvalue weighted by Crippen LogP contribution is -2.15. The summed E-state index contributed by atoms with van der Waals surface area (Å²) < 4.78 is 17.8.